The first kappa shape index (κ1) is 14.0. The second-order valence-corrected chi connectivity index (χ2v) is 4.61. The number of carboxylic acid groups (broad SMARTS) is 1. The first-order valence-corrected chi connectivity index (χ1v) is 6.31. The molecule has 1 aliphatic rings. The number of carbonyl (C=O) groups excluding carboxylic acids is 1. The van der Waals surface area contributed by atoms with Crippen LogP contribution in [0.1, 0.15) is 39.5 Å². The Labute approximate surface area is 102 Å². The van der Waals surface area contributed by atoms with Gasteiger partial charge in [0.25, 0.3) is 0 Å². The maximum Gasteiger partial charge on any atom is 0.303 e. The van der Waals surface area contributed by atoms with Crippen LogP contribution in [0.5, 0.6) is 0 Å². The Morgan fingerprint density at radius 2 is 2.29 bits per heavy atom. The van der Waals surface area contributed by atoms with E-state index in [0.717, 1.165) is 19.4 Å². The molecule has 0 aromatic carbocycles. The molecule has 5 nitrogen and oxygen atoms in total. The summed E-state index contributed by atoms with van der Waals surface area (Å²) < 4.78 is 0. The smallest absolute Gasteiger partial charge is 0.303 e. The molecule has 98 valence electrons. The molecule has 0 radical (unpaired) electrons. The van der Waals surface area contributed by atoms with Crippen molar-refractivity contribution in [2.24, 2.45) is 0 Å². The number of carbonyl (C=O) groups is 2. The number of nitrogens with zero attached hydrogens (tertiary/aromatic N) is 1. The minimum absolute atomic E-state index is 0.0240. The summed E-state index contributed by atoms with van der Waals surface area (Å²) in [7, 11) is 0. The predicted molar refractivity (Wildman–Crippen MR) is 64.7 cm³/mol. The van der Waals surface area contributed by atoms with E-state index in [2.05, 4.69) is 24.1 Å². The Balaban J connectivity index is 2.73. The molecule has 1 heterocycles. The largest absolute Gasteiger partial charge is 0.481 e. The topological polar surface area (TPSA) is 69.6 Å². The Morgan fingerprint density at radius 1 is 1.59 bits per heavy atom. The molecule has 1 saturated heterocycles. The van der Waals surface area contributed by atoms with E-state index in [0.29, 0.717) is 19.0 Å². The van der Waals surface area contributed by atoms with Gasteiger partial charge in [0.15, 0.2) is 0 Å². The van der Waals surface area contributed by atoms with Crippen LogP contribution in [-0.2, 0) is 9.59 Å². The first-order valence-electron chi connectivity index (χ1n) is 6.31. The van der Waals surface area contributed by atoms with Gasteiger partial charge in [0.1, 0.15) is 0 Å². The van der Waals surface area contributed by atoms with Gasteiger partial charge in [0.2, 0.25) is 5.91 Å². The van der Waals surface area contributed by atoms with Crippen molar-refractivity contribution in [1.29, 1.82) is 0 Å². The van der Waals surface area contributed by atoms with Crippen LogP contribution in [0.4, 0.5) is 0 Å². The lowest BCUT2D eigenvalue weighted by Gasteiger charge is -2.32. The van der Waals surface area contributed by atoms with Crippen molar-refractivity contribution in [2.75, 3.05) is 13.1 Å². The molecule has 1 amide bonds. The number of hydrogen-bond donors (Lipinski definition) is 2. The average Bonchev–Trinajstić information content (AvgIpc) is 2.38. The van der Waals surface area contributed by atoms with Crippen molar-refractivity contribution in [3.63, 3.8) is 0 Å². The van der Waals surface area contributed by atoms with Gasteiger partial charge in [-0.1, -0.05) is 6.92 Å². The van der Waals surface area contributed by atoms with Crippen molar-refractivity contribution in [2.45, 2.75) is 51.6 Å². The number of amides is 1. The Hall–Kier alpha value is -1.10. The van der Waals surface area contributed by atoms with Gasteiger partial charge in [-0.15, -0.1) is 0 Å². The number of nitrogens with one attached hydrogen (secondary N) is 1. The highest BCUT2D eigenvalue weighted by molar-refractivity contribution is 5.82. The molecule has 2 N–H and O–H groups in total. The summed E-state index contributed by atoms with van der Waals surface area (Å²) in [6.07, 6.45) is 2.34. The van der Waals surface area contributed by atoms with Crippen molar-refractivity contribution in [3.8, 4) is 0 Å². The standard InChI is InChI=1S/C12H22N2O3/c1-3-8-14-9(2)6-7-13-12(17)10(14)4-5-11(15)16/h9-10H,3-8H2,1-2H3,(H,13,17)(H,15,16). The monoisotopic (exact) mass is 242 g/mol. The molecule has 0 saturated carbocycles. The van der Waals surface area contributed by atoms with E-state index in [1.165, 1.54) is 0 Å². The zero-order valence-electron chi connectivity index (χ0n) is 10.6. The molecule has 5 heteroatoms. The molecule has 0 aliphatic carbocycles. The van der Waals surface area contributed by atoms with Gasteiger partial charge in [0, 0.05) is 19.0 Å². The van der Waals surface area contributed by atoms with Crippen molar-refractivity contribution in [3.05, 3.63) is 0 Å². The Kier molecular flexibility index (Phi) is 5.41. The second-order valence-electron chi connectivity index (χ2n) is 4.61. The maximum absolute atomic E-state index is 11.9. The number of aliphatic carboxylic acids is 1. The van der Waals surface area contributed by atoms with Crippen LogP contribution in [0.15, 0.2) is 0 Å². The summed E-state index contributed by atoms with van der Waals surface area (Å²) >= 11 is 0. The van der Waals surface area contributed by atoms with Gasteiger partial charge in [-0.3, -0.25) is 14.5 Å². The van der Waals surface area contributed by atoms with Crippen LogP contribution in [0.25, 0.3) is 0 Å². The molecule has 1 aliphatic heterocycles. The van der Waals surface area contributed by atoms with Crippen LogP contribution >= 0.6 is 0 Å². The zero-order chi connectivity index (χ0) is 12.8. The normalized spacial score (nSPS) is 26.4. The third kappa shape index (κ3) is 4.00. The van der Waals surface area contributed by atoms with E-state index in [1.807, 2.05) is 0 Å². The van der Waals surface area contributed by atoms with Crippen LogP contribution in [0, 0.1) is 0 Å². The molecule has 0 bridgehead atoms. The zero-order valence-corrected chi connectivity index (χ0v) is 10.6. The van der Waals surface area contributed by atoms with Crippen molar-refractivity contribution >= 4 is 11.9 Å². The summed E-state index contributed by atoms with van der Waals surface area (Å²) in [6, 6.07) is 0.0382. The fourth-order valence-corrected chi connectivity index (χ4v) is 2.34. The van der Waals surface area contributed by atoms with Crippen LogP contribution in [0.2, 0.25) is 0 Å². The van der Waals surface area contributed by atoms with E-state index in [-0.39, 0.29) is 18.4 Å². The van der Waals surface area contributed by atoms with Gasteiger partial charge in [0.05, 0.1) is 6.04 Å². The third-order valence-electron chi connectivity index (χ3n) is 3.24. The number of carboxylic acids is 1. The SMILES string of the molecule is CCCN1C(C)CCNC(=O)C1CCC(=O)O. The molecular formula is C12H22N2O3. The fourth-order valence-electron chi connectivity index (χ4n) is 2.34. The molecule has 0 spiro atoms. The molecule has 0 aromatic heterocycles. The molecule has 2 atom stereocenters. The van der Waals surface area contributed by atoms with E-state index in [1.54, 1.807) is 0 Å². The minimum atomic E-state index is -0.842. The lowest BCUT2D eigenvalue weighted by Crippen LogP contribution is -2.47. The van der Waals surface area contributed by atoms with Gasteiger partial charge >= 0.3 is 5.97 Å². The van der Waals surface area contributed by atoms with E-state index < -0.39 is 5.97 Å². The lowest BCUT2D eigenvalue weighted by molar-refractivity contribution is -0.137. The summed E-state index contributed by atoms with van der Waals surface area (Å²) in [5.41, 5.74) is 0. The highest BCUT2D eigenvalue weighted by atomic mass is 16.4. The van der Waals surface area contributed by atoms with E-state index in [4.69, 9.17) is 5.11 Å². The quantitative estimate of drug-likeness (QED) is 0.749. The number of hydrogen-bond acceptors (Lipinski definition) is 3. The lowest BCUT2D eigenvalue weighted by atomic mass is 10.1. The van der Waals surface area contributed by atoms with Crippen LogP contribution in [-0.4, -0.2) is 47.1 Å². The van der Waals surface area contributed by atoms with Gasteiger partial charge in [-0.2, -0.15) is 0 Å². The molecule has 2 unspecified atom stereocenters. The van der Waals surface area contributed by atoms with Gasteiger partial charge in [-0.25, -0.2) is 0 Å². The molecule has 1 rings (SSSR count). The third-order valence-corrected chi connectivity index (χ3v) is 3.24. The fraction of sp³-hybridized carbons (Fsp3) is 0.833. The van der Waals surface area contributed by atoms with Crippen molar-refractivity contribution in [1.82, 2.24) is 10.2 Å². The highest BCUT2D eigenvalue weighted by Crippen LogP contribution is 2.17. The maximum atomic E-state index is 11.9. The predicted octanol–water partition coefficient (Wildman–Crippen LogP) is 0.840. The summed E-state index contributed by atoms with van der Waals surface area (Å²) in [5.74, 6) is -0.866. The van der Waals surface area contributed by atoms with Crippen LogP contribution in [0.3, 0.4) is 0 Å². The summed E-state index contributed by atoms with van der Waals surface area (Å²) in [6.45, 7) is 5.70. The summed E-state index contributed by atoms with van der Waals surface area (Å²) in [5, 5.41) is 11.6. The molecule has 0 aromatic rings. The van der Waals surface area contributed by atoms with Gasteiger partial charge in [-0.05, 0) is 32.7 Å². The van der Waals surface area contributed by atoms with Crippen molar-refractivity contribution < 1.29 is 14.7 Å². The minimum Gasteiger partial charge on any atom is -0.481 e. The molecular weight excluding hydrogens is 220 g/mol. The highest BCUT2D eigenvalue weighted by Gasteiger charge is 2.31. The molecule has 1 fully saturated rings. The number of rotatable bonds is 5. The first-order chi connectivity index (χ1) is 8.06. The Morgan fingerprint density at radius 3 is 2.88 bits per heavy atom. The van der Waals surface area contributed by atoms with E-state index >= 15 is 0 Å². The van der Waals surface area contributed by atoms with Gasteiger partial charge < -0.3 is 10.4 Å². The summed E-state index contributed by atoms with van der Waals surface area (Å²) in [4.78, 5) is 24.7. The average molecular weight is 242 g/mol. The second kappa shape index (κ2) is 6.59. The molecule has 17 heavy (non-hydrogen) atoms. The van der Waals surface area contributed by atoms with E-state index in [9.17, 15) is 9.59 Å². The van der Waals surface area contributed by atoms with Crippen LogP contribution < -0.4 is 5.32 Å². The Bertz CT molecular complexity index is 281.